The highest BCUT2D eigenvalue weighted by Gasteiger charge is 2.16. The molecule has 0 aliphatic rings. The van der Waals surface area contributed by atoms with Crippen LogP contribution in [0.15, 0.2) is 24.3 Å². The van der Waals surface area contributed by atoms with E-state index in [9.17, 15) is 9.90 Å². The first-order chi connectivity index (χ1) is 8.41. The van der Waals surface area contributed by atoms with Crippen molar-refractivity contribution in [3.8, 4) is 0 Å². The number of amides is 1. The third kappa shape index (κ3) is 4.04. The van der Waals surface area contributed by atoms with Crippen LogP contribution in [-0.4, -0.2) is 24.1 Å². The number of anilines is 1. The Morgan fingerprint density at radius 3 is 2.44 bits per heavy atom. The molecule has 0 aliphatic heterocycles. The van der Waals surface area contributed by atoms with E-state index >= 15 is 0 Å². The van der Waals surface area contributed by atoms with Gasteiger partial charge >= 0.3 is 0 Å². The van der Waals surface area contributed by atoms with Gasteiger partial charge in [0, 0.05) is 17.8 Å². The Hall–Kier alpha value is -1.55. The Morgan fingerprint density at radius 2 is 1.94 bits per heavy atom. The number of aliphatic hydroxyl groups is 1. The number of para-hydroxylation sites is 1. The molecule has 0 unspecified atom stereocenters. The zero-order chi connectivity index (χ0) is 13.7. The Balaban J connectivity index is 3.07. The van der Waals surface area contributed by atoms with Gasteiger partial charge in [-0.2, -0.15) is 0 Å². The van der Waals surface area contributed by atoms with Crippen molar-refractivity contribution in [2.45, 2.75) is 26.9 Å². The van der Waals surface area contributed by atoms with E-state index in [1.165, 1.54) is 0 Å². The molecule has 0 aromatic heterocycles. The molecule has 100 valence electrons. The fraction of sp³-hybridized carbons (Fsp3) is 0.500. The van der Waals surface area contributed by atoms with Crippen LogP contribution in [0.1, 0.15) is 32.4 Å². The average molecular weight is 250 g/mol. The van der Waals surface area contributed by atoms with Crippen LogP contribution in [0.4, 0.5) is 5.69 Å². The molecule has 0 bridgehead atoms. The molecular weight excluding hydrogens is 228 g/mol. The van der Waals surface area contributed by atoms with Crippen molar-refractivity contribution in [2.24, 2.45) is 11.7 Å². The van der Waals surface area contributed by atoms with Crippen LogP contribution < -0.4 is 10.6 Å². The molecule has 4 nitrogen and oxygen atoms in total. The summed E-state index contributed by atoms with van der Waals surface area (Å²) in [7, 11) is 0. The lowest BCUT2D eigenvalue weighted by molar-refractivity contribution is -0.116. The molecule has 1 atom stereocenters. The zero-order valence-corrected chi connectivity index (χ0v) is 11.3. The van der Waals surface area contributed by atoms with Gasteiger partial charge in [-0.05, 0) is 18.9 Å². The summed E-state index contributed by atoms with van der Waals surface area (Å²) in [5.41, 5.74) is 6.98. The molecule has 1 aromatic rings. The van der Waals surface area contributed by atoms with E-state index < -0.39 is 6.10 Å². The minimum Gasteiger partial charge on any atom is -0.389 e. The van der Waals surface area contributed by atoms with E-state index in [1.807, 2.05) is 29.2 Å². The largest absolute Gasteiger partial charge is 0.389 e. The Morgan fingerprint density at radius 1 is 1.33 bits per heavy atom. The molecule has 4 heteroatoms. The maximum atomic E-state index is 11.2. The molecule has 0 saturated carbocycles. The molecule has 1 aromatic carbocycles. The number of hydrogen-bond donors (Lipinski definition) is 2. The first kappa shape index (κ1) is 14.5. The van der Waals surface area contributed by atoms with E-state index in [-0.39, 0.29) is 12.5 Å². The number of aliphatic hydroxyl groups excluding tert-OH is 1. The Kier molecular flexibility index (Phi) is 5.16. The molecule has 0 radical (unpaired) electrons. The summed E-state index contributed by atoms with van der Waals surface area (Å²) in [4.78, 5) is 13.1. The predicted molar refractivity (Wildman–Crippen MR) is 73.3 cm³/mol. The van der Waals surface area contributed by atoms with Crippen LogP contribution in [0.3, 0.4) is 0 Å². The van der Waals surface area contributed by atoms with Crippen LogP contribution in [-0.2, 0) is 4.79 Å². The van der Waals surface area contributed by atoms with Gasteiger partial charge in [0.1, 0.15) is 0 Å². The highest BCUT2D eigenvalue weighted by atomic mass is 16.3. The highest BCUT2D eigenvalue weighted by molar-refractivity contribution is 5.80. The standard InChI is InChI=1S/C14H22N2O2/c1-10(2)8-16(9-14(15)18)13-7-5-4-6-12(13)11(3)17/h4-7,10-11,17H,8-9H2,1-3H3,(H2,15,18)/t11-/m1/s1. The molecule has 1 rings (SSSR count). The number of carbonyl (C=O) groups is 1. The fourth-order valence-corrected chi connectivity index (χ4v) is 2.01. The summed E-state index contributed by atoms with van der Waals surface area (Å²) in [5.74, 6) is 0.0439. The van der Waals surface area contributed by atoms with Gasteiger partial charge in [0.05, 0.1) is 12.6 Å². The van der Waals surface area contributed by atoms with Crippen LogP contribution in [0.25, 0.3) is 0 Å². The molecular formula is C14H22N2O2. The summed E-state index contributed by atoms with van der Waals surface area (Å²) in [6.45, 7) is 6.78. The molecule has 0 heterocycles. The van der Waals surface area contributed by atoms with Gasteiger partial charge in [-0.3, -0.25) is 4.79 Å². The van der Waals surface area contributed by atoms with Crippen molar-refractivity contribution < 1.29 is 9.90 Å². The van der Waals surface area contributed by atoms with Crippen molar-refractivity contribution in [1.82, 2.24) is 0 Å². The number of primary amides is 1. The number of nitrogens with two attached hydrogens (primary N) is 1. The van der Waals surface area contributed by atoms with Gasteiger partial charge in [-0.15, -0.1) is 0 Å². The van der Waals surface area contributed by atoms with Crippen molar-refractivity contribution in [3.05, 3.63) is 29.8 Å². The fourth-order valence-electron chi connectivity index (χ4n) is 2.01. The lowest BCUT2D eigenvalue weighted by Crippen LogP contribution is -2.37. The van der Waals surface area contributed by atoms with Gasteiger partial charge in [0.2, 0.25) is 5.91 Å². The highest BCUT2D eigenvalue weighted by Crippen LogP contribution is 2.26. The van der Waals surface area contributed by atoms with Crippen molar-refractivity contribution in [1.29, 1.82) is 0 Å². The average Bonchev–Trinajstić information content (AvgIpc) is 2.26. The predicted octanol–water partition coefficient (Wildman–Crippen LogP) is 1.69. The van der Waals surface area contributed by atoms with Crippen LogP contribution in [0.5, 0.6) is 0 Å². The second-order valence-corrected chi connectivity index (χ2v) is 4.98. The van der Waals surface area contributed by atoms with E-state index in [1.54, 1.807) is 6.92 Å². The summed E-state index contributed by atoms with van der Waals surface area (Å²) in [6.07, 6.45) is -0.566. The Bertz CT molecular complexity index is 403. The van der Waals surface area contributed by atoms with Crippen LogP contribution in [0, 0.1) is 5.92 Å². The first-order valence-electron chi connectivity index (χ1n) is 6.22. The number of rotatable bonds is 6. The summed E-state index contributed by atoms with van der Waals surface area (Å²) in [5, 5.41) is 9.78. The second-order valence-electron chi connectivity index (χ2n) is 4.98. The SMILES string of the molecule is CC(C)CN(CC(N)=O)c1ccccc1[C@@H](C)O. The van der Waals surface area contributed by atoms with E-state index in [4.69, 9.17) is 5.73 Å². The maximum absolute atomic E-state index is 11.2. The van der Waals surface area contributed by atoms with Crippen LogP contribution in [0.2, 0.25) is 0 Å². The molecule has 0 saturated heterocycles. The van der Waals surface area contributed by atoms with Gasteiger partial charge in [0.15, 0.2) is 0 Å². The maximum Gasteiger partial charge on any atom is 0.236 e. The Labute approximate surface area is 108 Å². The lowest BCUT2D eigenvalue weighted by atomic mass is 10.1. The first-order valence-corrected chi connectivity index (χ1v) is 6.22. The molecule has 0 spiro atoms. The summed E-state index contributed by atoms with van der Waals surface area (Å²) >= 11 is 0. The van der Waals surface area contributed by atoms with Gasteiger partial charge in [-0.25, -0.2) is 0 Å². The normalized spacial score (nSPS) is 12.5. The molecule has 0 fully saturated rings. The number of carbonyl (C=O) groups excluding carboxylic acids is 1. The minimum atomic E-state index is -0.566. The summed E-state index contributed by atoms with van der Waals surface area (Å²) in [6, 6.07) is 7.56. The second kappa shape index (κ2) is 6.40. The van der Waals surface area contributed by atoms with Gasteiger partial charge in [-0.1, -0.05) is 32.0 Å². The molecule has 0 aliphatic carbocycles. The van der Waals surface area contributed by atoms with Gasteiger partial charge < -0.3 is 15.7 Å². The van der Waals surface area contributed by atoms with Crippen molar-refractivity contribution in [3.63, 3.8) is 0 Å². The third-order valence-corrected chi connectivity index (χ3v) is 2.66. The van der Waals surface area contributed by atoms with E-state index in [0.717, 1.165) is 17.8 Å². The molecule has 18 heavy (non-hydrogen) atoms. The monoisotopic (exact) mass is 250 g/mol. The topological polar surface area (TPSA) is 66.6 Å². The van der Waals surface area contributed by atoms with Crippen molar-refractivity contribution >= 4 is 11.6 Å². The molecule has 1 amide bonds. The lowest BCUT2D eigenvalue weighted by Gasteiger charge is -2.28. The van der Waals surface area contributed by atoms with Crippen molar-refractivity contribution in [2.75, 3.05) is 18.0 Å². The zero-order valence-electron chi connectivity index (χ0n) is 11.3. The number of hydrogen-bond acceptors (Lipinski definition) is 3. The van der Waals surface area contributed by atoms with Gasteiger partial charge in [0.25, 0.3) is 0 Å². The summed E-state index contributed by atoms with van der Waals surface area (Å²) < 4.78 is 0. The number of nitrogens with zero attached hydrogens (tertiary/aromatic N) is 1. The van der Waals surface area contributed by atoms with Crippen LogP contribution >= 0.6 is 0 Å². The quantitative estimate of drug-likeness (QED) is 0.807. The van der Waals surface area contributed by atoms with E-state index in [2.05, 4.69) is 13.8 Å². The smallest absolute Gasteiger partial charge is 0.236 e. The third-order valence-electron chi connectivity index (χ3n) is 2.66. The minimum absolute atomic E-state index is 0.169. The molecule has 3 N–H and O–H groups in total. The van der Waals surface area contributed by atoms with E-state index in [0.29, 0.717) is 5.92 Å². The number of benzene rings is 1.